The third-order valence-corrected chi connectivity index (χ3v) is 1.65. The number of nitrogens with one attached hydrogen (secondary N) is 1. The molecule has 0 spiro atoms. The van der Waals surface area contributed by atoms with E-state index in [9.17, 15) is 4.79 Å². The Bertz CT molecular complexity index is 387. The number of carbonyl (C=O) groups is 1. The maximum absolute atomic E-state index is 9.99. The standard InChI is InChI=1S/C10H9N3O/c11-5-8-1-3-9(4-2-8)10(12)6-13-7-14/h1-4,6-7H,12H2,(H,13,14)/b10-6-. The first-order chi connectivity index (χ1) is 6.77. The predicted octanol–water partition coefficient (Wildman–Crippen LogP) is 0.561. The first-order valence-electron chi connectivity index (χ1n) is 3.94. The molecule has 0 aliphatic heterocycles. The lowest BCUT2D eigenvalue weighted by Crippen LogP contribution is -2.06. The lowest BCUT2D eigenvalue weighted by molar-refractivity contribution is -0.108. The van der Waals surface area contributed by atoms with Crippen molar-refractivity contribution in [3.63, 3.8) is 0 Å². The van der Waals surface area contributed by atoms with Crippen LogP contribution in [0.5, 0.6) is 0 Å². The van der Waals surface area contributed by atoms with E-state index in [0.29, 0.717) is 17.7 Å². The maximum atomic E-state index is 9.99. The summed E-state index contributed by atoms with van der Waals surface area (Å²) in [4.78, 5) is 9.99. The van der Waals surface area contributed by atoms with Gasteiger partial charge in [0.2, 0.25) is 6.41 Å². The first kappa shape index (κ1) is 9.81. The summed E-state index contributed by atoms with van der Waals surface area (Å²) in [5, 5.41) is 10.9. The van der Waals surface area contributed by atoms with E-state index in [2.05, 4.69) is 5.32 Å². The van der Waals surface area contributed by atoms with Crippen LogP contribution in [0.15, 0.2) is 30.5 Å². The highest BCUT2D eigenvalue weighted by molar-refractivity contribution is 5.65. The molecule has 14 heavy (non-hydrogen) atoms. The molecule has 4 heteroatoms. The van der Waals surface area contributed by atoms with Gasteiger partial charge in [0.25, 0.3) is 0 Å². The van der Waals surface area contributed by atoms with Gasteiger partial charge in [-0.05, 0) is 17.7 Å². The smallest absolute Gasteiger partial charge is 0.211 e. The van der Waals surface area contributed by atoms with Crippen LogP contribution in [-0.2, 0) is 4.79 Å². The summed E-state index contributed by atoms with van der Waals surface area (Å²) in [5.41, 5.74) is 7.41. The zero-order chi connectivity index (χ0) is 10.4. The van der Waals surface area contributed by atoms with Crippen LogP contribution in [-0.4, -0.2) is 6.41 Å². The molecule has 0 radical (unpaired) electrons. The van der Waals surface area contributed by atoms with Gasteiger partial charge in [0, 0.05) is 6.20 Å². The zero-order valence-corrected chi connectivity index (χ0v) is 7.40. The minimum atomic E-state index is 0.446. The van der Waals surface area contributed by atoms with Crippen molar-refractivity contribution in [3.05, 3.63) is 41.6 Å². The summed E-state index contributed by atoms with van der Waals surface area (Å²) in [7, 11) is 0. The molecule has 70 valence electrons. The Morgan fingerprint density at radius 2 is 2.07 bits per heavy atom. The van der Waals surface area contributed by atoms with Crippen molar-refractivity contribution in [2.45, 2.75) is 0 Å². The normalized spacial score (nSPS) is 10.4. The molecule has 1 rings (SSSR count). The summed E-state index contributed by atoms with van der Waals surface area (Å²) in [6.45, 7) is 0. The van der Waals surface area contributed by atoms with Crippen LogP contribution in [0.1, 0.15) is 11.1 Å². The van der Waals surface area contributed by atoms with Gasteiger partial charge in [0.15, 0.2) is 0 Å². The van der Waals surface area contributed by atoms with Crippen LogP contribution >= 0.6 is 0 Å². The number of benzene rings is 1. The third kappa shape index (κ3) is 2.35. The van der Waals surface area contributed by atoms with Crippen LogP contribution in [0, 0.1) is 11.3 Å². The van der Waals surface area contributed by atoms with E-state index >= 15 is 0 Å². The molecular formula is C10H9N3O. The average molecular weight is 187 g/mol. The largest absolute Gasteiger partial charge is 0.397 e. The van der Waals surface area contributed by atoms with Gasteiger partial charge in [-0.15, -0.1) is 0 Å². The van der Waals surface area contributed by atoms with Crippen LogP contribution < -0.4 is 11.1 Å². The van der Waals surface area contributed by atoms with Gasteiger partial charge in [-0.3, -0.25) is 4.79 Å². The lowest BCUT2D eigenvalue weighted by Gasteiger charge is -2.00. The summed E-state index contributed by atoms with van der Waals surface area (Å²) >= 11 is 0. The first-order valence-corrected chi connectivity index (χ1v) is 3.94. The second-order valence-corrected chi connectivity index (χ2v) is 2.57. The number of hydrogen-bond acceptors (Lipinski definition) is 3. The van der Waals surface area contributed by atoms with Gasteiger partial charge in [-0.1, -0.05) is 12.1 Å². The van der Waals surface area contributed by atoms with Gasteiger partial charge in [-0.2, -0.15) is 5.26 Å². The van der Waals surface area contributed by atoms with E-state index in [1.54, 1.807) is 24.3 Å². The van der Waals surface area contributed by atoms with Gasteiger partial charge < -0.3 is 11.1 Å². The number of amides is 1. The fourth-order valence-electron chi connectivity index (χ4n) is 0.944. The Morgan fingerprint density at radius 1 is 1.43 bits per heavy atom. The molecule has 1 aromatic rings. The molecule has 0 aliphatic carbocycles. The Kier molecular flexibility index (Phi) is 3.27. The van der Waals surface area contributed by atoms with Crippen molar-refractivity contribution in [2.24, 2.45) is 5.73 Å². The topological polar surface area (TPSA) is 78.9 Å². The summed E-state index contributed by atoms with van der Waals surface area (Å²) < 4.78 is 0. The Labute approximate surface area is 81.6 Å². The molecule has 0 aliphatic rings. The monoisotopic (exact) mass is 187 g/mol. The van der Waals surface area contributed by atoms with Crippen LogP contribution in [0.3, 0.4) is 0 Å². The quantitative estimate of drug-likeness (QED) is 0.678. The predicted molar refractivity (Wildman–Crippen MR) is 52.5 cm³/mol. The molecule has 4 nitrogen and oxygen atoms in total. The molecule has 0 saturated carbocycles. The van der Waals surface area contributed by atoms with Crippen molar-refractivity contribution in [3.8, 4) is 6.07 Å². The van der Waals surface area contributed by atoms with E-state index < -0.39 is 0 Å². The Balaban J connectivity index is 2.87. The van der Waals surface area contributed by atoms with E-state index in [4.69, 9.17) is 11.0 Å². The summed E-state index contributed by atoms with van der Waals surface area (Å²) in [6, 6.07) is 8.77. The SMILES string of the molecule is N#Cc1ccc(/C(N)=C/NC=O)cc1. The second-order valence-electron chi connectivity index (χ2n) is 2.57. The average Bonchev–Trinajstić information content (AvgIpc) is 2.26. The van der Waals surface area contributed by atoms with E-state index in [0.717, 1.165) is 5.56 Å². The van der Waals surface area contributed by atoms with Gasteiger partial charge in [0.05, 0.1) is 17.3 Å². The van der Waals surface area contributed by atoms with Crippen LogP contribution in [0.2, 0.25) is 0 Å². The highest BCUT2D eigenvalue weighted by atomic mass is 16.1. The van der Waals surface area contributed by atoms with Crippen molar-refractivity contribution in [1.29, 1.82) is 5.26 Å². The van der Waals surface area contributed by atoms with Crippen molar-refractivity contribution in [1.82, 2.24) is 5.32 Å². The zero-order valence-electron chi connectivity index (χ0n) is 7.40. The fraction of sp³-hybridized carbons (Fsp3) is 0. The van der Waals surface area contributed by atoms with Crippen molar-refractivity contribution < 1.29 is 4.79 Å². The fourth-order valence-corrected chi connectivity index (χ4v) is 0.944. The van der Waals surface area contributed by atoms with Crippen LogP contribution in [0.4, 0.5) is 0 Å². The third-order valence-electron chi connectivity index (χ3n) is 1.65. The molecule has 0 heterocycles. The van der Waals surface area contributed by atoms with E-state index in [1.807, 2.05) is 6.07 Å². The second kappa shape index (κ2) is 4.67. The number of hydrogen-bond donors (Lipinski definition) is 2. The maximum Gasteiger partial charge on any atom is 0.211 e. The highest BCUT2D eigenvalue weighted by Crippen LogP contribution is 2.08. The number of nitrogens with two attached hydrogens (primary N) is 1. The van der Waals surface area contributed by atoms with Gasteiger partial charge >= 0.3 is 0 Å². The number of nitrogens with zero attached hydrogens (tertiary/aromatic N) is 1. The highest BCUT2D eigenvalue weighted by Gasteiger charge is 1.95. The summed E-state index contributed by atoms with van der Waals surface area (Å²) in [6.07, 6.45) is 1.94. The number of rotatable bonds is 3. The van der Waals surface area contributed by atoms with E-state index in [1.165, 1.54) is 6.20 Å². The van der Waals surface area contributed by atoms with Crippen LogP contribution in [0.25, 0.3) is 5.70 Å². The molecule has 0 unspecified atom stereocenters. The molecule has 3 N–H and O–H groups in total. The Hall–Kier alpha value is -2.28. The van der Waals surface area contributed by atoms with Gasteiger partial charge in [0.1, 0.15) is 0 Å². The summed E-state index contributed by atoms with van der Waals surface area (Å²) in [5.74, 6) is 0. The Morgan fingerprint density at radius 3 is 2.57 bits per heavy atom. The number of nitriles is 1. The molecule has 0 saturated heterocycles. The lowest BCUT2D eigenvalue weighted by atomic mass is 10.1. The molecular weight excluding hydrogens is 178 g/mol. The minimum Gasteiger partial charge on any atom is -0.397 e. The molecule has 1 amide bonds. The van der Waals surface area contributed by atoms with E-state index in [-0.39, 0.29) is 0 Å². The molecule has 1 aromatic carbocycles. The minimum absolute atomic E-state index is 0.446. The molecule has 0 atom stereocenters. The molecule has 0 bridgehead atoms. The van der Waals surface area contributed by atoms with Crippen molar-refractivity contribution >= 4 is 12.1 Å². The van der Waals surface area contributed by atoms with Crippen molar-refractivity contribution in [2.75, 3.05) is 0 Å². The molecule has 0 fully saturated rings. The van der Waals surface area contributed by atoms with Gasteiger partial charge in [-0.25, -0.2) is 0 Å². The molecule has 0 aromatic heterocycles. The number of carbonyl (C=O) groups excluding carboxylic acids is 1.